The fourth-order valence-corrected chi connectivity index (χ4v) is 2.78. The van der Waals surface area contributed by atoms with Crippen LogP contribution in [-0.4, -0.2) is 24.9 Å². The Kier molecular flexibility index (Phi) is 4.62. The largest absolute Gasteiger partial charge is 0.245 e. The second kappa shape index (κ2) is 6.23. The summed E-state index contributed by atoms with van der Waals surface area (Å²) >= 11 is 3.27. The van der Waals surface area contributed by atoms with Crippen LogP contribution in [0.4, 0.5) is 0 Å². The molecule has 0 fully saturated rings. The molecule has 1 heterocycles. The molecule has 0 unspecified atom stereocenters. The lowest BCUT2D eigenvalue weighted by atomic mass is 10.2. The lowest BCUT2D eigenvalue weighted by Gasteiger charge is -2.06. The standard InChI is InChI=1S/C12H12BrN3O2S/c13-11-1-3-12(4-2-11)19(17,18)16-6-5-10-7-14-9-15-8-10/h1-4,7-9,16H,5-6H2. The SMILES string of the molecule is O=S(=O)(NCCc1cncnc1)c1ccc(Br)cc1. The normalized spacial score (nSPS) is 11.4. The monoisotopic (exact) mass is 341 g/mol. The summed E-state index contributed by atoms with van der Waals surface area (Å²) in [6.45, 7) is 0.311. The lowest BCUT2D eigenvalue weighted by molar-refractivity contribution is 0.581. The molecule has 1 N–H and O–H groups in total. The van der Waals surface area contributed by atoms with Gasteiger partial charge in [0.1, 0.15) is 6.33 Å². The summed E-state index contributed by atoms with van der Waals surface area (Å²) in [5.74, 6) is 0. The van der Waals surface area contributed by atoms with E-state index in [1.54, 1.807) is 36.7 Å². The number of benzene rings is 1. The van der Waals surface area contributed by atoms with Crippen molar-refractivity contribution in [3.63, 3.8) is 0 Å². The van der Waals surface area contributed by atoms with Gasteiger partial charge in [-0.1, -0.05) is 15.9 Å². The molecule has 2 rings (SSSR count). The van der Waals surface area contributed by atoms with Crippen molar-refractivity contribution in [2.24, 2.45) is 0 Å². The maximum atomic E-state index is 12.0. The molecule has 1 aromatic carbocycles. The number of aromatic nitrogens is 2. The Hall–Kier alpha value is -1.31. The van der Waals surface area contributed by atoms with Crippen LogP contribution in [0.3, 0.4) is 0 Å². The quantitative estimate of drug-likeness (QED) is 0.899. The highest BCUT2D eigenvalue weighted by Gasteiger charge is 2.12. The van der Waals surface area contributed by atoms with Crippen molar-refractivity contribution in [1.29, 1.82) is 0 Å². The Morgan fingerprint density at radius 1 is 1.11 bits per heavy atom. The van der Waals surface area contributed by atoms with E-state index >= 15 is 0 Å². The third-order valence-electron chi connectivity index (χ3n) is 2.44. The number of sulfonamides is 1. The zero-order valence-electron chi connectivity index (χ0n) is 9.95. The molecule has 0 bridgehead atoms. The van der Waals surface area contributed by atoms with Gasteiger partial charge in [0.2, 0.25) is 10.0 Å². The van der Waals surface area contributed by atoms with Crippen molar-refractivity contribution in [3.05, 3.63) is 53.0 Å². The maximum absolute atomic E-state index is 12.0. The Morgan fingerprint density at radius 3 is 2.37 bits per heavy atom. The minimum Gasteiger partial charge on any atom is -0.245 e. The molecule has 2 aromatic rings. The first-order valence-electron chi connectivity index (χ1n) is 5.57. The molecule has 0 saturated carbocycles. The van der Waals surface area contributed by atoms with E-state index in [1.165, 1.54) is 6.33 Å². The third-order valence-corrected chi connectivity index (χ3v) is 4.45. The maximum Gasteiger partial charge on any atom is 0.240 e. The zero-order valence-corrected chi connectivity index (χ0v) is 12.4. The van der Waals surface area contributed by atoms with Crippen LogP contribution >= 0.6 is 15.9 Å². The molecule has 0 spiro atoms. The second-order valence-corrected chi connectivity index (χ2v) is 6.53. The Labute approximate surface area is 120 Å². The summed E-state index contributed by atoms with van der Waals surface area (Å²) in [5.41, 5.74) is 0.890. The van der Waals surface area contributed by atoms with Gasteiger partial charge >= 0.3 is 0 Å². The van der Waals surface area contributed by atoms with Crippen LogP contribution in [0.1, 0.15) is 5.56 Å². The third kappa shape index (κ3) is 4.09. The van der Waals surface area contributed by atoms with E-state index in [-0.39, 0.29) is 4.90 Å². The molecule has 5 nitrogen and oxygen atoms in total. The van der Waals surface area contributed by atoms with E-state index in [4.69, 9.17) is 0 Å². The minimum atomic E-state index is -3.46. The second-order valence-electron chi connectivity index (χ2n) is 3.85. The van der Waals surface area contributed by atoms with Crippen LogP contribution in [0.2, 0.25) is 0 Å². The van der Waals surface area contributed by atoms with E-state index in [9.17, 15) is 8.42 Å². The van der Waals surface area contributed by atoms with Crippen LogP contribution in [-0.2, 0) is 16.4 Å². The molecule has 0 saturated heterocycles. The molecule has 0 atom stereocenters. The predicted molar refractivity (Wildman–Crippen MR) is 75.1 cm³/mol. The van der Waals surface area contributed by atoms with Crippen molar-refractivity contribution in [2.75, 3.05) is 6.54 Å². The fraction of sp³-hybridized carbons (Fsp3) is 0.167. The van der Waals surface area contributed by atoms with E-state index in [0.717, 1.165) is 10.0 Å². The molecule has 1 aromatic heterocycles. The van der Waals surface area contributed by atoms with Gasteiger partial charge in [0.05, 0.1) is 4.90 Å². The van der Waals surface area contributed by atoms with E-state index in [2.05, 4.69) is 30.6 Å². The van der Waals surface area contributed by atoms with E-state index < -0.39 is 10.0 Å². The van der Waals surface area contributed by atoms with Gasteiger partial charge in [0.25, 0.3) is 0 Å². The highest BCUT2D eigenvalue weighted by Crippen LogP contribution is 2.14. The molecule has 0 aliphatic carbocycles. The Bertz CT molecular complexity index is 630. The van der Waals surface area contributed by atoms with E-state index in [1.807, 2.05) is 0 Å². The number of nitrogens with one attached hydrogen (secondary N) is 1. The summed E-state index contributed by atoms with van der Waals surface area (Å²) in [4.78, 5) is 8.00. The van der Waals surface area contributed by atoms with Crippen LogP contribution in [0, 0.1) is 0 Å². The lowest BCUT2D eigenvalue weighted by Crippen LogP contribution is -2.26. The number of nitrogens with zero attached hydrogens (tertiary/aromatic N) is 2. The van der Waals surface area contributed by atoms with Gasteiger partial charge < -0.3 is 0 Å². The number of rotatable bonds is 5. The molecular weight excluding hydrogens is 330 g/mol. The van der Waals surface area contributed by atoms with Gasteiger partial charge in [-0.2, -0.15) is 0 Å². The van der Waals surface area contributed by atoms with Gasteiger partial charge in [0, 0.05) is 23.4 Å². The predicted octanol–water partition coefficient (Wildman–Crippen LogP) is 1.76. The van der Waals surface area contributed by atoms with Gasteiger partial charge in [-0.3, -0.25) is 0 Å². The van der Waals surface area contributed by atoms with Gasteiger partial charge in [-0.15, -0.1) is 0 Å². The van der Waals surface area contributed by atoms with Crippen molar-refractivity contribution >= 4 is 26.0 Å². The first-order chi connectivity index (χ1) is 9.08. The number of halogens is 1. The summed E-state index contributed by atoms with van der Waals surface area (Å²) in [5, 5.41) is 0. The van der Waals surface area contributed by atoms with Gasteiger partial charge in [-0.05, 0) is 36.2 Å². The number of hydrogen-bond donors (Lipinski definition) is 1. The van der Waals surface area contributed by atoms with Crippen LogP contribution in [0.15, 0.2) is 52.4 Å². The smallest absolute Gasteiger partial charge is 0.240 e. The summed E-state index contributed by atoms with van der Waals surface area (Å²) < 4.78 is 27.3. The number of hydrogen-bond acceptors (Lipinski definition) is 4. The summed E-state index contributed by atoms with van der Waals surface area (Å²) in [6, 6.07) is 6.50. The van der Waals surface area contributed by atoms with Gasteiger partial charge in [-0.25, -0.2) is 23.1 Å². The first kappa shape index (κ1) is 14.1. The van der Waals surface area contributed by atoms with Crippen LogP contribution < -0.4 is 4.72 Å². The summed E-state index contributed by atoms with van der Waals surface area (Å²) in [7, 11) is -3.46. The fourth-order valence-electron chi connectivity index (χ4n) is 1.49. The molecule has 100 valence electrons. The van der Waals surface area contributed by atoms with Crippen LogP contribution in [0.5, 0.6) is 0 Å². The highest BCUT2D eigenvalue weighted by atomic mass is 79.9. The van der Waals surface area contributed by atoms with Crippen molar-refractivity contribution in [2.45, 2.75) is 11.3 Å². The summed E-state index contributed by atoms with van der Waals surface area (Å²) in [6.07, 6.45) is 5.33. The minimum absolute atomic E-state index is 0.250. The average Bonchev–Trinajstić information content (AvgIpc) is 2.40. The Morgan fingerprint density at radius 2 is 1.74 bits per heavy atom. The Balaban J connectivity index is 1.97. The molecular formula is C12H12BrN3O2S. The average molecular weight is 342 g/mol. The first-order valence-corrected chi connectivity index (χ1v) is 7.85. The molecule has 0 amide bonds. The van der Waals surface area contributed by atoms with Crippen molar-refractivity contribution in [3.8, 4) is 0 Å². The van der Waals surface area contributed by atoms with Crippen LogP contribution in [0.25, 0.3) is 0 Å². The van der Waals surface area contributed by atoms with Crippen molar-refractivity contribution < 1.29 is 8.42 Å². The van der Waals surface area contributed by atoms with Crippen molar-refractivity contribution in [1.82, 2.24) is 14.7 Å². The zero-order chi connectivity index (χ0) is 13.7. The molecule has 19 heavy (non-hydrogen) atoms. The molecule has 0 radical (unpaired) electrons. The molecule has 0 aliphatic rings. The van der Waals surface area contributed by atoms with E-state index in [0.29, 0.717) is 13.0 Å². The molecule has 7 heteroatoms. The highest BCUT2D eigenvalue weighted by molar-refractivity contribution is 9.10. The van der Waals surface area contributed by atoms with Gasteiger partial charge in [0.15, 0.2) is 0 Å². The molecule has 0 aliphatic heterocycles. The topological polar surface area (TPSA) is 72.0 Å².